The Morgan fingerprint density at radius 3 is 2.45 bits per heavy atom. The van der Waals surface area contributed by atoms with Gasteiger partial charge in [0.1, 0.15) is 12.1 Å². The van der Waals surface area contributed by atoms with Crippen LogP contribution in [0.15, 0.2) is 67.1 Å². The van der Waals surface area contributed by atoms with E-state index in [1.807, 2.05) is 41.2 Å². The summed E-state index contributed by atoms with van der Waals surface area (Å²) in [4.78, 5) is 14.0. The smallest absolute Gasteiger partial charge is 0.168 e. The van der Waals surface area contributed by atoms with Gasteiger partial charge in [0.2, 0.25) is 0 Å². The van der Waals surface area contributed by atoms with Gasteiger partial charge in [0, 0.05) is 31.4 Å². The standard InChI is InChI=1S/C23H24N6/c1-17-8-10-19(11-9-17)28-13-12-27(15-18(28)2)22-21-14-26-29(23(21)25-16-24-22)20-6-4-3-5-7-20/h3-11,14,16,18H,12-13,15H2,1-2H3/t18-/m0/s1. The van der Waals surface area contributed by atoms with E-state index >= 15 is 0 Å². The van der Waals surface area contributed by atoms with Gasteiger partial charge in [-0.3, -0.25) is 0 Å². The van der Waals surface area contributed by atoms with Crippen LogP contribution in [0, 0.1) is 6.92 Å². The van der Waals surface area contributed by atoms with Crippen LogP contribution in [-0.4, -0.2) is 45.4 Å². The molecule has 1 aliphatic heterocycles. The van der Waals surface area contributed by atoms with Crippen molar-refractivity contribution in [2.75, 3.05) is 29.4 Å². The summed E-state index contributed by atoms with van der Waals surface area (Å²) in [5.41, 5.74) is 4.42. The minimum Gasteiger partial charge on any atom is -0.365 e. The topological polar surface area (TPSA) is 50.1 Å². The molecule has 0 aliphatic carbocycles. The van der Waals surface area contributed by atoms with Crippen molar-refractivity contribution in [1.29, 1.82) is 0 Å². The number of para-hydroxylation sites is 1. The van der Waals surface area contributed by atoms with Crippen LogP contribution in [0.4, 0.5) is 11.5 Å². The first-order chi connectivity index (χ1) is 14.2. The molecule has 1 aliphatic rings. The van der Waals surface area contributed by atoms with Gasteiger partial charge in [0.05, 0.1) is 17.3 Å². The van der Waals surface area contributed by atoms with Crippen LogP contribution in [-0.2, 0) is 0 Å². The molecule has 6 nitrogen and oxygen atoms in total. The Morgan fingerprint density at radius 2 is 1.69 bits per heavy atom. The summed E-state index contributed by atoms with van der Waals surface area (Å²) in [5.74, 6) is 0.965. The number of benzene rings is 2. The molecule has 1 fully saturated rings. The molecule has 0 saturated carbocycles. The first kappa shape index (κ1) is 17.7. The summed E-state index contributed by atoms with van der Waals surface area (Å²) in [6, 6.07) is 19.3. The Hall–Kier alpha value is -3.41. The number of aromatic nitrogens is 4. The summed E-state index contributed by atoms with van der Waals surface area (Å²) in [7, 11) is 0. The normalized spacial score (nSPS) is 17.1. The lowest BCUT2D eigenvalue weighted by molar-refractivity contribution is 0.548. The van der Waals surface area contributed by atoms with Crippen LogP contribution in [0.3, 0.4) is 0 Å². The average molecular weight is 384 g/mol. The van der Waals surface area contributed by atoms with Gasteiger partial charge in [0.25, 0.3) is 0 Å². The quantitative estimate of drug-likeness (QED) is 0.537. The second-order valence-corrected chi connectivity index (χ2v) is 7.65. The molecule has 3 heterocycles. The summed E-state index contributed by atoms with van der Waals surface area (Å²) in [6.45, 7) is 7.19. The molecule has 2 aromatic carbocycles. The molecule has 0 spiro atoms. The van der Waals surface area contributed by atoms with Crippen molar-refractivity contribution >= 4 is 22.5 Å². The maximum atomic E-state index is 4.62. The molecule has 29 heavy (non-hydrogen) atoms. The largest absolute Gasteiger partial charge is 0.365 e. The molecule has 6 heteroatoms. The number of rotatable bonds is 3. The Labute approximate surface area is 170 Å². The molecule has 4 aromatic rings. The molecule has 1 saturated heterocycles. The summed E-state index contributed by atoms with van der Waals surface area (Å²) < 4.78 is 1.88. The number of nitrogens with zero attached hydrogens (tertiary/aromatic N) is 6. The Balaban J connectivity index is 1.43. The van der Waals surface area contributed by atoms with Gasteiger partial charge in [-0.15, -0.1) is 0 Å². The van der Waals surface area contributed by atoms with Crippen LogP contribution >= 0.6 is 0 Å². The number of anilines is 2. The Bertz CT molecular complexity index is 1120. The molecule has 0 radical (unpaired) electrons. The van der Waals surface area contributed by atoms with E-state index in [1.165, 1.54) is 11.3 Å². The van der Waals surface area contributed by atoms with Gasteiger partial charge >= 0.3 is 0 Å². The molecular weight excluding hydrogens is 360 g/mol. The lowest BCUT2D eigenvalue weighted by Gasteiger charge is -2.42. The van der Waals surface area contributed by atoms with Crippen molar-refractivity contribution in [1.82, 2.24) is 19.7 Å². The van der Waals surface area contributed by atoms with Crippen LogP contribution in [0.5, 0.6) is 0 Å². The van der Waals surface area contributed by atoms with Gasteiger partial charge in [-0.25, -0.2) is 14.6 Å². The third kappa shape index (κ3) is 3.20. The highest BCUT2D eigenvalue weighted by atomic mass is 15.3. The average Bonchev–Trinajstić information content (AvgIpc) is 3.19. The molecule has 1 atom stereocenters. The number of hydrogen-bond acceptors (Lipinski definition) is 5. The van der Waals surface area contributed by atoms with Crippen molar-refractivity contribution < 1.29 is 0 Å². The number of piperazine rings is 1. The minimum atomic E-state index is 0.389. The first-order valence-electron chi connectivity index (χ1n) is 10.0. The predicted octanol–water partition coefficient (Wildman–Crippen LogP) is 3.84. The van der Waals surface area contributed by atoms with Crippen molar-refractivity contribution in [2.45, 2.75) is 19.9 Å². The predicted molar refractivity (Wildman–Crippen MR) is 117 cm³/mol. The molecule has 0 amide bonds. The summed E-state index contributed by atoms with van der Waals surface area (Å²) in [5, 5.41) is 5.58. The maximum Gasteiger partial charge on any atom is 0.168 e. The summed E-state index contributed by atoms with van der Waals surface area (Å²) in [6.07, 6.45) is 3.53. The van der Waals surface area contributed by atoms with E-state index in [4.69, 9.17) is 0 Å². The van der Waals surface area contributed by atoms with E-state index < -0.39 is 0 Å². The van der Waals surface area contributed by atoms with Crippen molar-refractivity contribution in [2.24, 2.45) is 0 Å². The number of fused-ring (bicyclic) bond motifs is 1. The SMILES string of the molecule is Cc1ccc(N2CCN(c3ncnc4c3cnn4-c3ccccc3)C[C@@H]2C)cc1. The summed E-state index contributed by atoms with van der Waals surface area (Å²) >= 11 is 0. The lowest BCUT2D eigenvalue weighted by atomic mass is 10.1. The van der Waals surface area contributed by atoms with E-state index in [1.54, 1.807) is 6.33 Å². The van der Waals surface area contributed by atoms with Gasteiger partial charge in [-0.2, -0.15) is 5.10 Å². The van der Waals surface area contributed by atoms with E-state index in [0.717, 1.165) is 42.2 Å². The zero-order chi connectivity index (χ0) is 19.8. The zero-order valence-corrected chi connectivity index (χ0v) is 16.7. The first-order valence-corrected chi connectivity index (χ1v) is 10.0. The molecule has 0 N–H and O–H groups in total. The Morgan fingerprint density at radius 1 is 0.897 bits per heavy atom. The second-order valence-electron chi connectivity index (χ2n) is 7.65. The highest BCUT2D eigenvalue weighted by Gasteiger charge is 2.26. The fourth-order valence-electron chi connectivity index (χ4n) is 4.11. The monoisotopic (exact) mass is 384 g/mol. The van der Waals surface area contributed by atoms with E-state index in [9.17, 15) is 0 Å². The van der Waals surface area contributed by atoms with E-state index in [-0.39, 0.29) is 0 Å². The zero-order valence-electron chi connectivity index (χ0n) is 16.7. The molecule has 5 rings (SSSR count). The fraction of sp³-hybridized carbons (Fsp3) is 0.261. The fourth-order valence-corrected chi connectivity index (χ4v) is 4.11. The van der Waals surface area contributed by atoms with Gasteiger partial charge in [-0.05, 0) is 38.1 Å². The molecular formula is C23H24N6. The third-order valence-electron chi connectivity index (χ3n) is 5.64. The van der Waals surface area contributed by atoms with Crippen LogP contribution < -0.4 is 9.80 Å². The van der Waals surface area contributed by atoms with E-state index in [2.05, 4.69) is 63.0 Å². The van der Waals surface area contributed by atoms with Crippen molar-refractivity contribution in [3.05, 3.63) is 72.7 Å². The molecule has 0 bridgehead atoms. The third-order valence-corrected chi connectivity index (χ3v) is 5.64. The number of hydrogen-bond donors (Lipinski definition) is 0. The highest BCUT2D eigenvalue weighted by Crippen LogP contribution is 2.28. The van der Waals surface area contributed by atoms with Gasteiger partial charge < -0.3 is 9.80 Å². The van der Waals surface area contributed by atoms with Crippen LogP contribution in [0.25, 0.3) is 16.7 Å². The highest BCUT2D eigenvalue weighted by molar-refractivity contribution is 5.87. The van der Waals surface area contributed by atoms with Crippen molar-refractivity contribution in [3.63, 3.8) is 0 Å². The Kier molecular flexibility index (Phi) is 4.39. The minimum absolute atomic E-state index is 0.389. The lowest BCUT2D eigenvalue weighted by Crippen LogP contribution is -2.52. The van der Waals surface area contributed by atoms with Crippen molar-refractivity contribution in [3.8, 4) is 5.69 Å². The second kappa shape index (κ2) is 7.20. The van der Waals surface area contributed by atoms with Gasteiger partial charge in [0.15, 0.2) is 5.65 Å². The van der Waals surface area contributed by atoms with E-state index in [0.29, 0.717) is 6.04 Å². The maximum absolute atomic E-state index is 4.62. The molecule has 2 aromatic heterocycles. The number of aryl methyl sites for hydroxylation is 1. The van der Waals surface area contributed by atoms with Crippen LogP contribution in [0.2, 0.25) is 0 Å². The molecule has 146 valence electrons. The van der Waals surface area contributed by atoms with Gasteiger partial charge in [-0.1, -0.05) is 35.9 Å². The van der Waals surface area contributed by atoms with Crippen LogP contribution in [0.1, 0.15) is 12.5 Å². The molecule has 0 unspecified atom stereocenters.